The summed E-state index contributed by atoms with van der Waals surface area (Å²) in [5, 5.41) is 0. The van der Waals surface area contributed by atoms with Crippen LogP contribution in [0.5, 0.6) is 0 Å². The van der Waals surface area contributed by atoms with Crippen LogP contribution in [0.2, 0.25) is 0 Å². The van der Waals surface area contributed by atoms with E-state index in [1.165, 1.54) is 18.4 Å². The number of hydrogen-bond acceptors (Lipinski definition) is 4. The number of halogens is 1. The number of methoxy groups -OCH3 is 1. The maximum absolute atomic E-state index is 11.5. The van der Waals surface area contributed by atoms with Crippen LogP contribution in [0.1, 0.15) is 10.6 Å². The van der Waals surface area contributed by atoms with Gasteiger partial charge in [0.1, 0.15) is 4.83 Å². The number of esters is 1. The molecule has 1 aromatic rings. The Kier molecular flexibility index (Phi) is 4.10. The number of rotatable bonds is 3. The van der Waals surface area contributed by atoms with Crippen LogP contribution in [0.25, 0.3) is 0 Å². The second-order valence-corrected chi connectivity index (χ2v) is 5.38. The highest BCUT2D eigenvalue weighted by Crippen LogP contribution is 2.12. The summed E-state index contributed by atoms with van der Waals surface area (Å²) in [4.78, 5) is 23.1. The number of alkyl halides is 1. The highest BCUT2D eigenvalue weighted by atomic mass is 79.9. The summed E-state index contributed by atoms with van der Waals surface area (Å²) < 4.78 is 6.15. The Labute approximate surface area is 100.0 Å². The van der Waals surface area contributed by atoms with Crippen LogP contribution in [0.4, 0.5) is 0 Å². The minimum absolute atomic E-state index is 0.0432. The first-order valence-corrected chi connectivity index (χ1v) is 6.09. The van der Waals surface area contributed by atoms with E-state index in [1.54, 1.807) is 4.57 Å². The van der Waals surface area contributed by atoms with E-state index in [9.17, 15) is 9.59 Å². The van der Waals surface area contributed by atoms with Crippen molar-refractivity contribution in [1.82, 2.24) is 4.57 Å². The lowest BCUT2D eigenvalue weighted by Gasteiger charge is -2.09. The van der Waals surface area contributed by atoms with Gasteiger partial charge in [0.25, 0.3) is 0 Å². The molecule has 1 unspecified atom stereocenters. The normalized spacial score (nSPS) is 12.5. The highest BCUT2D eigenvalue weighted by molar-refractivity contribution is 9.10. The van der Waals surface area contributed by atoms with E-state index in [4.69, 9.17) is 0 Å². The molecule has 0 amide bonds. The minimum atomic E-state index is -0.479. The first kappa shape index (κ1) is 12.4. The summed E-state index contributed by atoms with van der Waals surface area (Å²) in [6, 6.07) is 0. The topological polar surface area (TPSA) is 48.3 Å². The maximum atomic E-state index is 11.5. The van der Waals surface area contributed by atoms with Crippen molar-refractivity contribution in [2.45, 2.75) is 25.2 Å². The molecule has 0 aromatic carbocycles. The van der Waals surface area contributed by atoms with Gasteiger partial charge in [0.05, 0.1) is 7.11 Å². The zero-order valence-electron chi connectivity index (χ0n) is 8.74. The highest BCUT2D eigenvalue weighted by Gasteiger charge is 2.18. The number of aromatic nitrogens is 1. The SMILES string of the molecule is COC(=O)C(Br)Cn1c(C)c(C)sc1=O. The summed E-state index contributed by atoms with van der Waals surface area (Å²) in [7, 11) is 1.32. The minimum Gasteiger partial charge on any atom is -0.468 e. The number of carbonyl (C=O) groups excluding carboxylic acids is 1. The van der Waals surface area contributed by atoms with E-state index in [1.807, 2.05) is 13.8 Å². The molecule has 0 saturated carbocycles. The van der Waals surface area contributed by atoms with E-state index in [0.29, 0.717) is 6.54 Å². The molecule has 84 valence electrons. The standard InChI is InChI=1S/C9H12BrNO3S/c1-5-6(2)15-9(13)11(5)4-7(10)8(12)14-3/h7H,4H2,1-3H3. The van der Waals surface area contributed by atoms with Gasteiger partial charge in [-0.1, -0.05) is 27.3 Å². The van der Waals surface area contributed by atoms with Gasteiger partial charge in [0.2, 0.25) is 0 Å². The Morgan fingerprint density at radius 1 is 1.60 bits per heavy atom. The van der Waals surface area contributed by atoms with Crippen molar-refractivity contribution in [2.24, 2.45) is 0 Å². The Hall–Kier alpha value is -0.620. The van der Waals surface area contributed by atoms with E-state index in [-0.39, 0.29) is 10.8 Å². The summed E-state index contributed by atoms with van der Waals surface area (Å²) in [5.41, 5.74) is 0.901. The van der Waals surface area contributed by atoms with Crippen molar-refractivity contribution in [2.75, 3.05) is 7.11 Å². The Balaban J connectivity index is 2.90. The maximum Gasteiger partial charge on any atom is 0.321 e. The molecule has 4 nitrogen and oxygen atoms in total. The lowest BCUT2D eigenvalue weighted by molar-refractivity contribution is -0.140. The summed E-state index contributed by atoms with van der Waals surface area (Å²) in [5.74, 6) is -0.370. The molecule has 0 N–H and O–H groups in total. The van der Waals surface area contributed by atoms with Crippen LogP contribution in [0, 0.1) is 13.8 Å². The van der Waals surface area contributed by atoms with E-state index in [2.05, 4.69) is 20.7 Å². The van der Waals surface area contributed by atoms with Crippen LogP contribution in [-0.4, -0.2) is 22.5 Å². The van der Waals surface area contributed by atoms with Gasteiger partial charge in [-0.2, -0.15) is 0 Å². The average molecular weight is 294 g/mol. The molecular formula is C9H12BrNO3S. The van der Waals surface area contributed by atoms with Crippen molar-refractivity contribution < 1.29 is 9.53 Å². The third kappa shape index (κ3) is 2.69. The number of thiazole rings is 1. The van der Waals surface area contributed by atoms with Crippen LogP contribution < -0.4 is 4.87 Å². The van der Waals surface area contributed by atoms with Gasteiger partial charge in [0.15, 0.2) is 0 Å². The van der Waals surface area contributed by atoms with Gasteiger partial charge in [-0.25, -0.2) is 0 Å². The monoisotopic (exact) mass is 293 g/mol. The first-order valence-electron chi connectivity index (χ1n) is 4.36. The lowest BCUT2D eigenvalue weighted by atomic mass is 10.3. The molecule has 0 saturated heterocycles. The fourth-order valence-corrected chi connectivity index (χ4v) is 2.48. The molecule has 1 rings (SSSR count). The van der Waals surface area contributed by atoms with Crippen LogP contribution in [0.15, 0.2) is 4.79 Å². The molecule has 0 aliphatic carbocycles. The van der Waals surface area contributed by atoms with Crippen molar-refractivity contribution in [3.8, 4) is 0 Å². The molecule has 1 aromatic heterocycles. The lowest BCUT2D eigenvalue weighted by Crippen LogP contribution is -2.26. The van der Waals surface area contributed by atoms with E-state index < -0.39 is 4.83 Å². The molecule has 0 aliphatic heterocycles. The van der Waals surface area contributed by atoms with Gasteiger partial charge in [-0.3, -0.25) is 9.59 Å². The number of hydrogen-bond donors (Lipinski definition) is 0. The third-order valence-corrected chi connectivity index (χ3v) is 3.83. The predicted molar refractivity (Wildman–Crippen MR) is 62.8 cm³/mol. The van der Waals surface area contributed by atoms with Crippen LogP contribution >= 0.6 is 27.3 Å². The van der Waals surface area contributed by atoms with Gasteiger partial charge in [0, 0.05) is 17.1 Å². The molecule has 6 heteroatoms. The summed E-state index contributed by atoms with van der Waals surface area (Å²) in [6.07, 6.45) is 0. The van der Waals surface area contributed by atoms with Crippen LogP contribution in [-0.2, 0) is 16.1 Å². The Morgan fingerprint density at radius 3 is 2.60 bits per heavy atom. The van der Waals surface area contributed by atoms with Crippen molar-refractivity contribution in [1.29, 1.82) is 0 Å². The fraction of sp³-hybridized carbons (Fsp3) is 0.556. The first-order chi connectivity index (χ1) is 6.97. The second kappa shape index (κ2) is 4.94. The zero-order valence-corrected chi connectivity index (χ0v) is 11.1. The number of aryl methyl sites for hydroxylation is 1. The molecule has 15 heavy (non-hydrogen) atoms. The molecule has 1 atom stereocenters. The quantitative estimate of drug-likeness (QED) is 0.626. The van der Waals surface area contributed by atoms with Crippen molar-refractivity contribution >= 4 is 33.2 Å². The fourth-order valence-electron chi connectivity index (χ4n) is 1.16. The third-order valence-electron chi connectivity index (χ3n) is 2.17. The molecule has 1 heterocycles. The van der Waals surface area contributed by atoms with Gasteiger partial charge in [-0.05, 0) is 13.8 Å². The van der Waals surface area contributed by atoms with Crippen LogP contribution in [0.3, 0.4) is 0 Å². The van der Waals surface area contributed by atoms with Gasteiger partial charge >= 0.3 is 10.8 Å². The average Bonchev–Trinajstić information content (AvgIpc) is 2.43. The largest absolute Gasteiger partial charge is 0.468 e. The Bertz CT molecular complexity index is 423. The summed E-state index contributed by atoms with van der Waals surface area (Å²) in [6.45, 7) is 4.06. The number of nitrogens with zero attached hydrogens (tertiary/aromatic N) is 1. The molecule has 0 aliphatic rings. The smallest absolute Gasteiger partial charge is 0.321 e. The molecular weight excluding hydrogens is 282 g/mol. The molecule has 0 fully saturated rings. The second-order valence-electron chi connectivity index (χ2n) is 3.11. The van der Waals surface area contributed by atoms with Gasteiger partial charge in [-0.15, -0.1) is 0 Å². The van der Waals surface area contributed by atoms with Crippen molar-refractivity contribution in [3.63, 3.8) is 0 Å². The number of carbonyl (C=O) groups is 1. The zero-order chi connectivity index (χ0) is 11.6. The van der Waals surface area contributed by atoms with Crippen molar-refractivity contribution in [3.05, 3.63) is 20.2 Å². The number of ether oxygens (including phenoxy) is 1. The van der Waals surface area contributed by atoms with E-state index in [0.717, 1.165) is 10.6 Å². The Morgan fingerprint density at radius 2 is 2.20 bits per heavy atom. The van der Waals surface area contributed by atoms with E-state index >= 15 is 0 Å². The summed E-state index contributed by atoms with van der Waals surface area (Å²) >= 11 is 4.38. The molecule has 0 spiro atoms. The predicted octanol–water partition coefficient (Wildman–Crippen LogP) is 1.46. The van der Waals surface area contributed by atoms with Gasteiger partial charge < -0.3 is 9.30 Å². The molecule has 0 bridgehead atoms. The molecule has 0 radical (unpaired) electrons.